The van der Waals surface area contributed by atoms with Crippen LogP contribution in [-0.4, -0.2) is 24.4 Å². The Kier molecular flexibility index (Phi) is 3.25. The first kappa shape index (κ1) is 12.5. The van der Waals surface area contributed by atoms with E-state index in [0.717, 1.165) is 5.69 Å². The predicted molar refractivity (Wildman–Crippen MR) is 73.4 cm³/mol. The molecule has 20 heavy (non-hydrogen) atoms. The second-order valence-corrected chi connectivity index (χ2v) is 4.69. The molecule has 1 aromatic carbocycles. The van der Waals surface area contributed by atoms with E-state index in [1.54, 1.807) is 17.0 Å². The first-order valence-electron chi connectivity index (χ1n) is 6.44. The van der Waals surface area contributed by atoms with E-state index in [2.05, 4.69) is 5.32 Å². The van der Waals surface area contributed by atoms with Crippen molar-refractivity contribution in [3.05, 3.63) is 54.5 Å². The zero-order valence-corrected chi connectivity index (χ0v) is 10.8. The number of hydrogen-bond donors (Lipinski definition) is 1. The number of nitrogens with one attached hydrogen (secondary N) is 1. The molecule has 5 nitrogen and oxygen atoms in total. The summed E-state index contributed by atoms with van der Waals surface area (Å²) in [5.41, 5.74) is 0.854. The van der Waals surface area contributed by atoms with Crippen LogP contribution in [0.3, 0.4) is 0 Å². The molecule has 1 fully saturated rings. The Labute approximate surface area is 116 Å². The van der Waals surface area contributed by atoms with E-state index in [9.17, 15) is 9.59 Å². The van der Waals surface area contributed by atoms with Gasteiger partial charge >= 0.3 is 0 Å². The third kappa shape index (κ3) is 2.42. The molecular formula is C15H14N2O3. The zero-order valence-electron chi connectivity index (χ0n) is 10.8. The van der Waals surface area contributed by atoms with Gasteiger partial charge in [0, 0.05) is 18.7 Å². The number of para-hydroxylation sites is 1. The summed E-state index contributed by atoms with van der Waals surface area (Å²) in [5, 5.41) is 2.82. The van der Waals surface area contributed by atoms with Crippen LogP contribution in [-0.2, 0) is 4.79 Å². The number of nitrogens with zero attached hydrogens (tertiary/aromatic N) is 1. The molecule has 1 aliphatic heterocycles. The summed E-state index contributed by atoms with van der Waals surface area (Å²) < 4.78 is 5.03. The molecule has 0 bridgehead atoms. The van der Waals surface area contributed by atoms with Crippen LogP contribution >= 0.6 is 0 Å². The molecule has 1 aromatic heterocycles. The third-order valence-corrected chi connectivity index (χ3v) is 3.27. The van der Waals surface area contributed by atoms with Crippen LogP contribution in [0.4, 0.5) is 5.69 Å². The van der Waals surface area contributed by atoms with Gasteiger partial charge in [-0.15, -0.1) is 0 Å². The molecule has 102 valence electrons. The van der Waals surface area contributed by atoms with E-state index < -0.39 is 0 Å². The van der Waals surface area contributed by atoms with Crippen molar-refractivity contribution in [2.24, 2.45) is 0 Å². The molecule has 0 unspecified atom stereocenters. The fourth-order valence-electron chi connectivity index (χ4n) is 2.33. The highest BCUT2D eigenvalue weighted by atomic mass is 16.3. The molecule has 3 rings (SSSR count). The van der Waals surface area contributed by atoms with Crippen molar-refractivity contribution < 1.29 is 14.0 Å². The van der Waals surface area contributed by atoms with Crippen LogP contribution in [0.15, 0.2) is 53.1 Å². The van der Waals surface area contributed by atoms with E-state index in [4.69, 9.17) is 4.42 Å². The van der Waals surface area contributed by atoms with Gasteiger partial charge in [-0.3, -0.25) is 9.59 Å². The minimum atomic E-state index is -0.289. The smallest absolute Gasteiger partial charge is 0.287 e. The van der Waals surface area contributed by atoms with Gasteiger partial charge in [-0.25, -0.2) is 0 Å². The number of carbonyl (C=O) groups excluding carboxylic acids is 2. The minimum Gasteiger partial charge on any atom is -0.459 e. The maximum atomic E-state index is 12.0. The van der Waals surface area contributed by atoms with E-state index in [-0.39, 0.29) is 23.6 Å². The van der Waals surface area contributed by atoms with Crippen LogP contribution < -0.4 is 10.2 Å². The molecule has 1 N–H and O–H groups in total. The summed E-state index contributed by atoms with van der Waals surface area (Å²) in [4.78, 5) is 25.6. The maximum absolute atomic E-state index is 12.0. The lowest BCUT2D eigenvalue weighted by Gasteiger charge is -2.16. The van der Waals surface area contributed by atoms with Crippen LogP contribution in [0, 0.1) is 0 Å². The van der Waals surface area contributed by atoms with Crippen LogP contribution in [0.2, 0.25) is 0 Å². The molecule has 2 aromatic rings. The first-order chi connectivity index (χ1) is 9.74. The first-order valence-corrected chi connectivity index (χ1v) is 6.44. The van der Waals surface area contributed by atoms with E-state index in [0.29, 0.717) is 13.0 Å². The summed E-state index contributed by atoms with van der Waals surface area (Å²) in [5.74, 6) is -0.0146. The average Bonchev–Trinajstić information content (AvgIpc) is 3.09. The number of furan rings is 1. The summed E-state index contributed by atoms with van der Waals surface area (Å²) in [6, 6.07) is 12.5. The fourth-order valence-corrected chi connectivity index (χ4v) is 2.33. The number of amides is 2. The van der Waals surface area contributed by atoms with E-state index >= 15 is 0 Å². The number of benzene rings is 1. The molecule has 1 atom stereocenters. The molecule has 0 aliphatic carbocycles. The van der Waals surface area contributed by atoms with Crippen molar-refractivity contribution in [2.45, 2.75) is 12.5 Å². The molecule has 0 spiro atoms. The molecule has 0 radical (unpaired) electrons. The van der Waals surface area contributed by atoms with Crippen molar-refractivity contribution in [1.82, 2.24) is 5.32 Å². The molecule has 5 heteroatoms. The molecule has 1 aliphatic rings. The Bertz CT molecular complexity index is 607. The van der Waals surface area contributed by atoms with Crippen LogP contribution in [0.1, 0.15) is 17.0 Å². The normalized spacial score (nSPS) is 18.3. The quantitative estimate of drug-likeness (QED) is 0.925. The van der Waals surface area contributed by atoms with Crippen molar-refractivity contribution in [1.29, 1.82) is 0 Å². The van der Waals surface area contributed by atoms with Gasteiger partial charge in [0.25, 0.3) is 5.91 Å². The average molecular weight is 270 g/mol. The molecule has 2 amide bonds. The lowest BCUT2D eigenvalue weighted by atomic mass is 10.2. The maximum Gasteiger partial charge on any atom is 0.287 e. The Hall–Kier alpha value is -2.56. The summed E-state index contributed by atoms with van der Waals surface area (Å²) in [7, 11) is 0. The lowest BCUT2D eigenvalue weighted by Crippen LogP contribution is -2.37. The van der Waals surface area contributed by atoms with Crippen LogP contribution in [0.25, 0.3) is 0 Å². The predicted octanol–water partition coefficient (Wildman–Crippen LogP) is 1.81. The Morgan fingerprint density at radius 2 is 2.00 bits per heavy atom. The Morgan fingerprint density at radius 1 is 1.20 bits per heavy atom. The summed E-state index contributed by atoms with van der Waals surface area (Å²) in [6.07, 6.45) is 1.76. The minimum absolute atomic E-state index is 0.0148. The van der Waals surface area contributed by atoms with Crippen molar-refractivity contribution in [2.75, 3.05) is 11.4 Å². The Balaban J connectivity index is 1.67. The van der Waals surface area contributed by atoms with Crippen LogP contribution in [0.5, 0.6) is 0 Å². The second kappa shape index (κ2) is 5.21. The highest BCUT2D eigenvalue weighted by Crippen LogP contribution is 2.21. The van der Waals surface area contributed by atoms with Gasteiger partial charge in [-0.1, -0.05) is 18.2 Å². The van der Waals surface area contributed by atoms with E-state index in [1.165, 1.54) is 6.26 Å². The number of rotatable bonds is 3. The SMILES string of the molecule is O=C(N[C@@H]1CC(=O)N(c2ccccc2)C1)c1ccco1. The highest BCUT2D eigenvalue weighted by molar-refractivity contribution is 5.98. The zero-order chi connectivity index (χ0) is 13.9. The van der Waals surface area contributed by atoms with Crippen molar-refractivity contribution >= 4 is 17.5 Å². The third-order valence-electron chi connectivity index (χ3n) is 3.27. The van der Waals surface area contributed by atoms with E-state index in [1.807, 2.05) is 30.3 Å². The number of hydrogen-bond acceptors (Lipinski definition) is 3. The number of carbonyl (C=O) groups is 2. The topological polar surface area (TPSA) is 62.6 Å². The number of anilines is 1. The molecule has 2 heterocycles. The van der Waals surface area contributed by atoms with Gasteiger partial charge in [0.05, 0.1) is 12.3 Å². The van der Waals surface area contributed by atoms with Gasteiger partial charge in [0.15, 0.2) is 5.76 Å². The van der Waals surface area contributed by atoms with Gasteiger partial charge in [-0.2, -0.15) is 0 Å². The molecular weight excluding hydrogens is 256 g/mol. The van der Waals surface area contributed by atoms with Gasteiger partial charge < -0.3 is 14.6 Å². The summed E-state index contributed by atoms with van der Waals surface area (Å²) >= 11 is 0. The monoisotopic (exact) mass is 270 g/mol. The standard InChI is InChI=1S/C15H14N2O3/c18-14-9-11(16-15(19)13-7-4-8-20-13)10-17(14)12-5-2-1-3-6-12/h1-8,11H,9-10H2,(H,16,19)/t11-/m1/s1. The van der Waals surface area contributed by atoms with Gasteiger partial charge in [0.1, 0.15) is 0 Å². The van der Waals surface area contributed by atoms with Gasteiger partial charge in [-0.05, 0) is 24.3 Å². The van der Waals surface area contributed by atoms with Gasteiger partial charge in [0.2, 0.25) is 5.91 Å². The molecule has 0 saturated carbocycles. The fraction of sp³-hybridized carbons (Fsp3) is 0.200. The highest BCUT2D eigenvalue weighted by Gasteiger charge is 2.31. The summed E-state index contributed by atoms with van der Waals surface area (Å²) in [6.45, 7) is 0.481. The molecule has 1 saturated heterocycles. The lowest BCUT2D eigenvalue weighted by molar-refractivity contribution is -0.117. The largest absolute Gasteiger partial charge is 0.459 e. The van der Waals surface area contributed by atoms with Crippen molar-refractivity contribution in [3.8, 4) is 0 Å². The second-order valence-electron chi connectivity index (χ2n) is 4.69. The Morgan fingerprint density at radius 3 is 2.70 bits per heavy atom. The van der Waals surface area contributed by atoms with Crippen molar-refractivity contribution in [3.63, 3.8) is 0 Å².